The molecule has 0 spiro atoms. The lowest BCUT2D eigenvalue weighted by Gasteiger charge is -2.55. The van der Waals surface area contributed by atoms with E-state index in [9.17, 15) is 9.36 Å². The Balaban J connectivity index is 3.24. The molecule has 2 atom stereocenters. The molecule has 2 unspecified atom stereocenters. The van der Waals surface area contributed by atoms with Crippen LogP contribution in [0.1, 0.15) is 40.0 Å². The summed E-state index contributed by atoms with van der Waals surface area (Å²) in [5.74, 6) is -0.563. The molecule has 1 saturated carbocycles. The zero-order valence-electron chi connectivity index (χ0n) is 15.6. The topological polar surface area (TPSA) is 71.1 Å². The van der Waals surface area contributed by atoms with E-state index in [1.54, 1.807) is 0 Å². The van der Waals surface area contributed by atoms with E-state index in [0.29, 0.717) is 6.42 Å². The molecule has 0 aromatic rings. The monoisotopic (exact) mass is 366 g/mol. The van der Waals surface area contributed by atoms with Crippen molar-refractivity contribution in [3.63, 3.8) is 0 Å². The van der Waals surface area contributed by atoms with Gasteiger partial charge in [-0.3, -0.25) is 9.36 Å². The fourth-order valence-electron chi connectivity index (χ4n) is 2.67. The Kier molecular flexibility index (Phi) is 6.31. The van der Waals surface area contributed by atoms with Crippen molar-refractivity contribution in [2.75, 3.05) is 21.3 Å². The third-order valence-corrected chi connectivity index (χ3v) is 12.5. The standard InChI is InChI=1S/C15H31O6PSi/c1-14(2,3)23(7,8)21-15(22(17,19-5)20-6)10-9-12(15)11-13(16)18-4/h12H,9-11H2,1-8H3. The van der Waals surface area contributed by atoms with E-state index in [4.69, 9.17) is 18.2 Å². The zero-order chi connectivity index (χ0) is 18.1. The summed E-state index contributed by atoms with van der Waals surface area (Å²) in [6.45, 7) is 10.5. The quantitative estimate of drug-likeness (QED) is 0.383. The van der Waals surface area contributed by atoms with Crippen molar-refractivity contribution in [1.29, 1.82) is 0 Å². The summed E-state index contributed by atoms with van der Waals surface area (Å²) >= 11 is 0. The first kappa shape index (κ1) is 20.8. The second-order valence-corrected chi connectivity index (χ2v) is 14.8. The van der Waals surface area contributed by atoms with Gasteiger partial charge in [0, 0.05) is 20.1 Å². The Labute approximate surface area is 140 Å². The van der Waals surface area contributed by atoms with Gasteiger partial charge in [-0.05, 0) is 31.0 Å². The molecule has 0 saturated heterocycles. The van der Waals surface area contributed by atoms with Crippen molar-refractivity contribution in [3.8, 4) is 0 Å². The molecule has 136 valence electrons. The van der Waals surface area contributed by atoms with E-state index in [-0.39, 0.29) is 23.3 Å². The summed E-state index contributed by atoms with van der Waals surface area (Å²) in [4.78, 5) is 11.7. The van der Waals surface area contributed by atoms with Crippen LogP contribution in [0, 0.1) is 5.92 Å². The van der Waals surface area contributed by atoms with Crippen molar-refractivity contribution < 1.29 is 27.6 Å². The zero-order valence-corrected chi connectivity index (χ0v) is 17.5. The average molecular weight is 366 g/mol. The van der Waals surface area contributed by atoms with Gasteiger partial charge in [-0.25, -0.2) is 0 Å². The van der Waals surface area contributed by atoms with Crippen LogP contribution in [0.15, 0.2) is 0 Å². The molecule has 1 rings (SSSR count). The van der Waals surface area contributed by atoms with Gasteiger partial charge in [0.2, 0.25) is 0 Å². The Morgan fingerprint density at radius 1 is 1.22 bits per heavy atom. The molecule has 0 heterocycles. The van der Waals surface area contributed by atoms with Crippen LogP contribution in [0.2, 0.25) is 18.1 Å². The van der Waals surface area contributed by atoms with E-state index in [0.717, 1.165) is 6.42 Å². The number of methoxy groups -OCH3 is 1. The number of carbonyl (C=O) groups is 1. The van der Waals surface area contributed by atoms with Gasteiger partial charge in [-0.2, -0.15) is 0 Å². The highest BCUT2D eigenvalue weighted by atomic mass is 31.2. The number of rotatable bonds is 7. The molecule has 0 aliphatic heterocycles. The molecule has 6 nitrogen and oxygen atoms in total. The lowest BCUT2D eigenvalue weighted by molar-refractivity contribution is -0.146. The van der Waals surface area contributed by atoms with Crippen LogP contribution in [-0.2, 0) is 27.6 Å². The first-order valence-corrected chi connectivity index (χ1v) is 12.3. The first-order chi connectivity index (χ1) is 10.4. The molecule has 0 amide bonds. The van der Waals surface area contributed by atoms with Crippen molar-refractivity contribution in [3.05, 3.63) is 0 Å². The molecular formula is C15H31O6PSi. The molecule has 0 radical (unpaired) electrons. The van der Waals surface area contributed by atoms with Crippen LogP contribution < -0.4 is 0 Å². The molecule has 0 bridgehead atoms. The summed E-state index contributed by atoms with van der Waals surface area (Å²) in [5, 5.41) is -1.12. The van der Waals surface area contributed by atoms with E-state index >= 15 is 0 Å². The maximum absolute atomic E-state index is 13.2. The van der Waals surface area contributed by atoms with Gasteiger partial charge in [-0.1, -0.05) is 20.8 Å². The van der Waals surface area contributed by atoms with Crippen LogP contribution >= 0.6 is 7.60 Å². The van der Waals surface area contributed by atoms with Crippen molar-refractivity contribution >= 4 is 21.9 Å². The Bertz CT molecular complexity index is 479. The number of carbonyl (C=O) groups excluding carboxylic acids is 1. The first-order valence-electron chi connectivity index (χ1n) is 7.87. The van der Waals surface area contributed by atoms with Gasteiger partial charge >= 0.3 is 13.6 Å². The fourth-order valence-corrected chi connectivity index (χ4v) is 7.10. The highest BCUT2D eigenvalue weighted by Gasteiger charge is 2.65. The number of hydrogen-bond donors (Lipinski definition) is 0. The summed E-state index contributed by atoms with van der Waals surface area (Å²) in [6, 6.07) is 0. The van der Waals surface area contributed by atoms with Crippen molar-refractivity contribution in [2.45, 2.75) is 63.5 Å². The molecule has 1 fully saturated rings. The minimum absolute atomic E-state index is 0.0578. The second kappa shape index (κ2) is 6.96. The summed E-state index contributed by atoms with van der Waals surface area (Å²) < 4.78 is 35.1. The lowest BCUT2D eigenvalue weighted by atomic mass is 9.79. The average Bonchev–Trinajstić information content (AvgIpc) is 2.46. The van der Waals surface area contributed by atoms with Crippen LogP contribution in [0.25, 0.3) is 0 Å². The predicted molar refractivity (Wildman–Crippen MR) is 92.0 cm³/mol. The van der Waals surface area contributed by atoms with E-state index < -0.39 is 21.3 Å². The van der Waals surface area contributed by atoms with Gasteiger partial charge in [0.05, 0.1) is 13.5 Å². The number of hydrogen-bond acceptors (Lipinski definition) is 6. The molecular weight excluding hydrogens is 335 g/mol. The van der Waals surface area contributed by atoms with E-state index in [1.807, 2.05) is 0 Å². The minimum Gasteiger partial charge on any atom is -0.469 e. The smallest absolute Gasteiger partial charge is 0.360 e. The van der Waals surface area contributed by atoms with Crippen LogP contribution in [0.3, 0.4) is 0 Å². The van der Waals surface area contributed by atoms with Crippen LogP contribution in [0.4, 0.5) is 0 Å². The second-order valence-electron chi connectivity index (χ2n) is 7.59. The SMILES string of the molecule is COC(=O)CC1CCC1(O[Si](C)(C)C(C)(C)C)P(=O)(OC)OC. The normalized spacial score (nSPS) is 25.8. The van der Waals surface area contributed by atoms with Crippen LogP contribution in [-0.4, -0.2) is 41.0 Å². The largest absolute Gasteiger partial charge is 0.469 e. The molecule has 1 aliphatic carbocycles. The minimum atomic E-state index is -3.50. The summed E-state index contributed by atoms with van der Waals surface area (Å²) in [7, 11) is -1.65. The van der Waals surface area contributed by atoms with Gasteiger partial charge in [0.1, 0.15) is 0 Å². The summed E-state index contributed by atoms with van der Waals surface area (Å²) in [5.41, 5.74) is 0. The third kappa shape index (κ3) is 3.74. The van der Waals surface area contributed by atoms with Gasteiger partial charge < -0.3 is 18.2 Å². The predicted octanol–water partition coefficient (Wildman–Crippen LogP) is 4.16. The summed E-state index contributed by atoms with van der Waals surface area (Å²) in [6.07, 6.45) is 1.45. The van der Waals surface area contributed by atoms with Crippen LogP contribution in [0.5, 0.6) is 0 Å². The Morgan fingerprint density at radius 3 is 2.04 bits per heavy atom. The molecule has 8 heteroatoms. The van der Waals surface area contributed by atoms with Crippen molar-refractivity contribution in [2.24, 2.45) is 5.92 Å². The highest BCUT2D eigenvalue weighted by molar-refractivity contribution is 7.55. The molecule has 23 heavy (non-hydrogen) atoms. The highest BCUT2D eigenvalue weighted by Crippen LogP contribution is 2.71. The third-order valence-electron chi connectivity index (χ3n) is 5.31. The van der Waals surface area contributed by atoms with E-state index in [1.165, 1.54) is 21.3 Å². The number of ether oxygens (including phenoxy) is 1. The molecule has 0 N–H and O–H groups in total. The van der Waals surface area contributed by atoms with Gasteiger partial charge in [0.25, 0.3) is 0 Å². The van der Waals surface area contributed by atoms with Crippen molar-refractivity contribution in [1.82, 2.24) is 0 Å². The maximum Gasteiger partial charge on any atom is 0.360 e. The number of esters is 1. The van der Waals surface area contributed by atoms with E-state index in [2.05, 4.69) is 33.9 Å². The fraction of sp³-hybridized carbons (Fsp3) is 0.933. The molecule has 0 aromatic carbocycles. The molecule has 1 aliphatic rings. The van der Waals surface area contributed by atoms with Gasteiger partial charge in [-0.15, -0.1) is 0 Å². The molecule has 0 aromatic heterocycles. The maximum atomic E-state index is 13.2. The lowest BCUT2D eigenvalue weighted by Crippen LogP contribution is -2.58. The van der Waals surface area contributed by atoms with Gasteiger partial charge in [0.15, 0.2) is 13.7 Å². The Hall–Kier alpha value is -0.203. The Morgan fingerprint density at radius 2 is 1.74 bits per heavy atom.